The average molecular weight is 505 g/mol. The summed E-state index contributed by atoms with van der Waals surface area (Å²) in [4.78, 5) is 12.1. The number of methoxy groups -OCH3 is 1. The van der Waals surface area contributed by atoms with E-state index in [4.69, 9.17) is 27.9 Å². The first kappa shape index (κ1) is 25.6. The summed E-state index contributed by atoms with van der Waals surface area (Å²) in [7, 11) is -2.01. The minimum atomic E-state index is -3.51. The van der Waals surface area contributed by atoms with Gasteiger partial charge in [0.05, 0.1) is 19.1 Å². The molecule has 0 aliphatic rings. The molecule has 31 heavy (non-hydrogen) atoms. The molecule has 0 radical (unpaired) electrons. The fourth-order valence-corrected chi connectivity index (χ4v) is 5.24. The van der Waals surface area contributed by atoms with E-state index in [0.29, 0.717) is 34.4 Å². The third-order valence-electron chi connectivity index (χ3n) is 4.36. The first-order chi connectivity index (χ1) is 14.7. The van der Waals surface area contributed by atoms with Gasteiger partial charge in [-0.1, -0.05) is 41.4 Å². The Morgan fingerprint density at radius 1 is 1.19 bits per heavy atom. The monoisotopic (exact) mass is 504 g/mol. The standard InChI is InChI=1S/C21H26Cl2N2O4S2/c1-29-20-7-4-3-6-19(20)25(31(2,27)28)12-5-8-21(26)24-11-13-30-15-16-9-10-17(22)14-18(16)23/h3-4,6-7,9-10,14H,5,8,11-13,15H2,1-2H3,(H,24,26). The lowest BCUT2D eigenvalue weighted by molar-refractivity contribution is -0.121. The van der Waals surface area contributed by atoms with Crippen LogP contribution in [0.15, 0.2) is 42.5 Å². The smallest absolute Gasteiger partial charge is 0.232 e. The van der Waals surface area contributed by atoms with Crippen molar-refractivity contribution >= 4 is 56.6 Å². The van der Waals surface area contributed by atoms with Crippen molar-refractivity contribution in [2.24, 2.45) is 0 Å². The molecule has 0 saturated heterocycles. The lowest BCUT2D eigenvalue weighted by Gasteiger charge is -2.24. The molecule has 0 fully saturated rings. The quantitative estimate of drug-likeness (QED) is 0.427. The van der Waals surface area contributed by atoms with Gasteiger partial charge in [0.2, 0.25) is 15.9 Å². The van der Waals surface area contributed by atoms with Gasteiger partial charge >= 0.3 is 0 Å². The highest BCUT2D eigenvalue weighted by atomic mass is 35.5. The first-order valence-corrected chi connectivity index (χ1v) is 13.4. The molecule has 2 rings (SSSR count). The molecule has 0 spiro atoms. The summed E-state index contributed by atoms with van der Waals surface area (Å²) < 4.78 is 31.0. The molecule has 2 aromatic carbocycles. The van der Waals surface area contributed by atoms with Crippen molar-refractivity contribution in [3.05, 3.63) is 58.1 Å². The second kappa shape index (κ2) is 12.4. The molecule has 2 aromatic rings. The average Bonchev–Trinajstić information content (AvgIpc) is 2.71. The molecule has 0 unspecified atom stereocenters. The Morgan fingerprint density at radius 2 is 1.94 bits per heavy atom. The first-order valence-electron chi connectivity index (χ1n) is 9.61. The zero-order valence-electron chi connectivity index (χ0n) is 17.4. The lowest BCUT2D eigenvalue weighted by Crippen LogP contribution is -2.32. The fourth-order valence-electron chi connectivity index (χ4n) is 2.86. The molecule has 0 aliphatic heterocycles. The Morgan fingerprint density at radius 3 is 2.61 bits per heavy atom. The zero-order valence-corrected chi connectivity index (χ0v) is 20.6. The SMILES string of the molecule is COc1ccccc1N(CCCC(=O)NCCSCc1ccc(Cl)cc1Cl)S(C)(=O)=O. The number of carbonyl (C=O) groups excluding carboxylic acids is 1. The predicted molar refractivity (Wildman–Crippen MR) is 130 cm³/mol. The summed E-state index contributed by atoms with van der Waals surface area (Å²) in [6.07, 6.45) is 1.77. The number of ether oxygens (including phenoxy) is 1. The minimum Gasteiger partial charge on any atom is -0.495 e. The molecular formula is C21H26Cl2N2O4S2. The number of benzene rings is 2. The summed E-state index contributed by atoms with van der Waals surface area (Å²) in [5.74, 6) is 1.82. The molecule has 170 valence electrons. The van der Waals surface area contributed by atoms with Gasteiger partial charge in [-0.25, -0.2) is 8.42 Å². The van der Waals surface area contributed by atoms with E-state index in [0.717, 1.165) is 23.3 Å². The number of hydrogen-bond donors (Lipinski definition) is 1. The highest BCUT2D eigenvalue weighted by Gasteiger charge is 2.20. The summed E-state index contributed by atoms with van der Waals surface area (Å²) in [5, 5.41) is 4.10. The molecule has 0 saturated carbocycles. The third kappa shape index (κ3) is 8.44. The number of sulfonamides is 1. The Hall–Kier alpha value is -1.61. The predicted octanol–water partition coefficient (Wildman–Crippen LogP) is 4.60. The maximum Gasteiger partial charge on any atom is 0.232 e. The molecular weight excluding hydrogens is 479 g/mol. The van der Waals surface area contributed by atoms with Gasteiger partial charge in [-0.05, 0) is 36.2 Å². The molecule has 1 N–H and O–H groups in total. The number of anilines is 1. The van der Waals surface area contributed by atoms with Crippen molar-refractivity contribution in [1.29, 1.82) is 0 Å². The van der Waals surface area contributed by atoms with E-state index in [1.807, 2.05) is 6.07 Å². The number of thioether (sulfide) groups is 1. The van der Waals surface area contributed by atoms with Crippen molar-refractivity contribution < 1.29 is 17.9 Å². The van der Waals surface area contributed by atoms with Crippen LogP contribution in [-0.4, -0.2) is 46.5 Å². The Balaban J connectivity index is 1.74. The van der Waals surface area contributed by atoms with Crippen LogP contribution >= 0.6 is 35.0 Å². The molecule has 10 heteroatoms. The van der Waals surface area contributed by atoms with Crippen molar-refractivity contribution in [3.8, 4) is 5.75 Å². The number of rotatable bonds is 12. The fraction of sp³-hybridized carbons (Fsp3) is 0.381. The van der Waals surface area contributed by atoms with Gasteiger partial charge in [0.1, 0.15) is 5.75 Å². The van der Waals surface area contributed by atoms with E-state index < -0.39 is 10.0 Å². The summed E-state index contributed by atoms with van der Waals surface area (Å²) in [5.41, 5.74) is 1.46. The number of halogens is 2. The minimum absolute atomic E-state index is 0.112. The van der Waals surface area contributed by atoms with Crippen LogP contribution in [0.3, 0.4) is 0 Å². The number of carbonyl (C=O) groups is 1. The van der Waals surface area contributed by atoms with E-state index in [1.54, 1.807) is 48.2 Å². The highest BCUT2D eigenvalue weighted by molar-refractivity contribution is 7.98. The summed E-state index contributed by atoms with van der Waals surface area (Å²) in [6.45, 7) is 0.716. The largest absolute Gasteiger partial charge is 0.495 e. The maximum atomic E-state index is 12.2. The maximum absolute atomic E-state index is 12.2. The van der Waals surface area contributed by atoms with Crippen LogP contribution in [0.1, 0.15) is 18.4 Å². The van der Waals surface area contributed by atoms with E-state index in [-0.39, 0.29) is 18.9 Å². The number of amides is 1. The van der Waals surface area contributed by atoms with E-state index in [2.05, 4.69) is 5.32 Å². The zero-order chi connectivity index (χ0) is 22.9. The molecule has 6 nitrogen and oxygen atoms in total. The molecule has 0 bridgehead atoms. The Kier molecular flexibility index (Phi) is 10.3. The molecule has 0 atom stereocenters. The second-order valence-corrected chi connectivity index (χ2v) is 10.6. The Labute approximate surface area is 198 Å². The van der Waals surface area contributed by atoms with Crippen molar-refractivity contribution in [1.82, 2.24) is 5.32 Å². The van der Waals surface area contributed by atoms with Gasteiger partial charge in [0.15, 0.2) is 0 Å². The highest BCUT2D eigenvalue weighted by Crippen LogP contribution is 2.29. The van der Waals surface area contributed by atoms with E-state index in [1.165, 1.54) is 11.4 Å². The number of hydrogen-bond acceptors (Lipinski definition) is 5. The van der Waals surface area contributed by atoms with Crippen LogP contribution in [-0.2, 0) is 20.6 Å². The third-order valence-corrected chi connectivity index (χ3v) is 7.14. The number of para-hydroxylation sites is 2. The van der Waals surface area contributed by atoms with E-state index in [9.17, 15) is 13.2 Å². The normalized spacial score (nSPS) is 11.2. The van der Waals surface area contributed by atoms with Crippen LogP contribution < -0.4 is 14.4 Å². The van der Waals surface area contributed by atoms with Crippen molar-refractivity contribution in [3.63, 3.8) is 0 Å². The van der Waals surface area contributed by atoms with Gasteiger partial charge < -0.3 is 10.1 Å². The van der Waals surface area contributed by atoms with Gasteiger partial charge in [-0.3, -0.25) is 9.10 Å². The van der Waals surface area contributed by atoms with Crippen LogP contribution in [0.4, 0.5) is 5.69 Å². The van der Waals surface area contributed by atoms with Crippen LogP contribution in [0, 0.1) is 0 Å². The van der Waals surface area contributed by atoms with Gasteiger partial charge in [0.25, 0.3) is 0 Å². The van der Waals surface area contributed by atoms with Crippen LogP contribution in [0.25, 0.3) is 0 Å². The number of nitrogens with one attached hydrogen (secondary N) is 1. The summed E-state index contributed by atoms with van der Waals surface area (Å²) in [6, 6.07) is 12.3. The van der Waals surface area contributed by atoms with Gasteiger partial charge in [-0.15, -0.1) is 0 Å². The number of nitrogens with zero attached hydrogens (tertiary/aromatic N) is 1. The topological polar surface area (TPSA) is 75.7 Å². The molecule has 0 heterocycles. The van der Waals surface area contributed by atoms with Crippen molar-refractivity contribution in [2.75, 3.05) is 36.5 Å². The van der Waals surface area contributed by atoms with Crippen LogP contribution in [0.2, 0.25) is 10.0 Å². The lowest BCUT2D eigenvalue weighted by atomic mass is 10.2. The molecule has 1 amide bonds. The molecule has 0 aromatic heterocycles. The second-order valence-electron chi connectivity index (χ2n) is 6.75. The van der Waals surface area contributed by atoms with Crippen LogP contribution in [0.5, 0.6) is 5.75 Å². The Bertz CT molecular complexity index is 987. The van der Waals surface area contributed by atoms with Gasteiger partial charge in [-0.2, -0.15) is 11.8 Å². The summed E-state index contributed by atoms with van der Waals surface area (Å²) >= 11 is 13.7. The van der Waals surface area contributed by atoms with Gasteiger partial charge in [0, 0.05) is 41.1 Å². The van der Waals surface area contributed by atoms with Crippen molar-refractivity contribution in [2.45, 2.75) is 18.6 Å². The van der Waals surface area contributed by atoms with E-state index >= 15 is 0 Å². The molecule has 0 aliphatic carbocycles.